The molecular weight excluding hydrogens is 418 g/mol. The molecule has 0 unspecified atom stereocenters. The molecule has 1 aliphatic heterocycles. The van der Waals surface area contributed by atoms with Crippen molar-refractivity contribution in [3.8, 4) is 5.75 Å². The van der Waals surface area contributed by atoms with E-state index in [1.165, 1.54) is 43.4 Å². The van der Waals surface area contributed by atoms with Crippen molar-refractivity contribution >= 4 is 12.4 Å². The van der Waals surface area contributed by atoms with E-state index in [0.29, 0.717) is 12.1 Å². The molecule has 2 atom stereocenters. The molecule has 3 rings (SSSR count). The first-order valence-corrected chi connectivity index (χ1v) is 11.9. The fourth-order valence-electron chi connectivity index (χ4n) is 4.62. The highest BCUT2D eigenvalue weighted by Crippen LogP contribution is 2.32. The molecule has 32 heavy (non-hydrogen) atoms. The van der Waals surface area contributed by atoms with Crippen LogP contribution in [0.15, 0.2) is 54.6 Å². The molecule has 1 saturated heterocycles. The number of methoxy groups -OCH3 is 1. The van der Waals surface area contributed by atoms with Crippen LogP contribution in [-0.2, 0) is 6.54 Å². The molecule has 2 aromatic carbocycles. The molecule has 4 nitrogen and oxygen atoms in total. The maximum atomic E-state index is 5.56. The number of piperidine rings is 1. The summed E-state index contributed by atoms with van der Waals surface area (Å²) in [4.78, 5) is 2.70. The molecule has 0 amide bonds. The van der Waals surface area contributed by atoms with Gasteiger partial charge in [0.25, 0.3) is 0 Å². The lowest BCUT2D eigenvalue weighted by molar-refractivity contribution is 0.108. The highest BCUT2D eigenvalue weighted by molar-refractivity contribution is 5.85. The van der Waals surface area contributed by atoms with E-state index in [1.54, 1.807) is 7.11 Å². The Bertz CT molecular complexity index is 778. The Morgan fingerprint density at radius 1 is 1.00 bits per heavy atom. The van der Waals surface area contributed by atoms with Gasteiger partial charge in [-0.05, 0) is 77.7 Å². The van der Waals surface area contributed by atoms with E-state index in [-0.39, 0.29) is 17.9 Å². The predicted octanol–water partition coefficient (Wildman–Crippen LogP) is 5.58. The van der Waals surface area contributed by atoms with Crippen LogP contribution in [0.1, 0.15) is 63.6 Å². The van der Waals surface area contributed by atoms with Crippen molar-refractivity contribution < 1.29 is 4.74 Å². The summed E-state index contributed by atoms with van der Waals surface area (Å²) in [5.41, 5.74) is 2.85. The van der Waals surface area contributed by atoms with Gasteiger partial charge in [0, 0.05) is 23.7 Å². The van der Waals surface area contributed by atoms with Gasteiger partial charge in [-0.1, -0.05) is 48.5 Å². The molecule has 0 aliphatic carbocycles. The molecule has 0 bridgehead atoms. The molecule has 0 saturated carbocycles. The maximum Gasteiger partial charge on any atom is 0.123 e. The van der Waals surface area contributed by atoms with Crippen LogP contribution in [0.2, 0.25) is 0 Å². The Labute approximate surface area is 201 Å². The number of benzene rings is 2. The zero-order chi connectivity index (χ0) is 22.1. The molecule has 5 heteroatoms. The number of unbranched alkanes of at least 4 members (excludes halogenated alkanes) is 1. The molecule has 178 valence electrons. The molecule has 1 fully saturated rings. The zero-order valence-electron chi connectivity index (χ0n) is 20.3. The van der Waals surface area contributed by atoms with E-state index in [2.05, 4.69) is 78.8 Å². The van der Waals surface area contributed by atoms with Crippen molar-refractivity contribution in [1.29, 1.82) is 0 Å². The summed E-state index contributed by atoms with van der Waals surface area (Å²) < 4.78 is 5.56. The predicted molar refractivity (Wildman–Crippen MR) is 138 cm³/mol. The van der Waals surface area contributed by atoms with Crippen LogP contribution in [0.4, 0.5) is 0 Å². The fraction of sp³-hybridized carbons (Fsp3) is 0.556. The summed E-state index contributed by atoms with van der Waals surface area (Å²) in [6.07, 6.45) is 4.89. The Hall–Kier alpha value is -1.59. The average molecular weight is 460 g/mol. The summed E-state index contributed by atoms with van der Waals surface area (Å²) in [6, 6.07) is 20.2. The molecule has 0 spiro atoms. The summed E-state index contributed by atoms with van der Waals surface area (Å²) >= 11 is 0. The maximum absolute atomic E-state index is 5.56. The minimum absolute atomic E-state index is 0. The molecule has 0 radical (unpaired) electrons. The second kappa shape index (κ2) is 13.2. The van der Waals surface area contributed by atoms with Gasteiger partial charge in [-0.25, -0.2) is 0 Å². The fourth-order valence-corrected chi connectivity index (χ4v) is 4.62. The van der Waals surface area contributed by atoms with Crippen LogP contribution in [0.5, 0.6) is 5.75 Å². The third-order valence-corrected chi connectivity index (χ3v) is 6.15. The minimum Gasteiger partial charge on any atom is -0.496 e. The Kier molecular flexibility index (Phi) is 11.0. The number of nitrogens with zero attached hydrogens (tertiary/aromatic N) is 1. The highest BCUT2D eigenvalue weighted by Gasteiger charge is 2.32. The van der Waals surface area contributed by atoms with E-state index < -0.39 is 0 Å². The number of nitrogens with one attached hydrogen (secondary N) is 2. The first kappa shape index (κ1) is 26.7. The second-order valence-corrected chi connectivity index (χ2v) is 9.72. The van der Waals surface area contributed by atoms with Crippen LogP contribution in [0.3, 0.4) is 0 Å². The topological polar surface area (TPSA) is 36.5 Å². The molecule has 0 aromatic heterocycles. The summed E-state index contributed by atoms with van der Waals surface area (Å²) in [6.45, 7) is 11.0. The number of ether oxygens (including phenoxy) is 1. The summed E-state index contributed by atoms with van der Waals surface area (Å²) in [5, 5.41) is 7.50. The van der Waals surface area contributed by atoms with Gasteiger partial charge in [-0.2, -0.15) is 0 Å². The standard InChI is InChI=1S/C27H41N3O.ClH/c1-27(2,3)29-18-10-11-19-30-20-12-16-24(26(30)22-13-6-5-7-14-22)28-21-23-15-8-9-17-25(23)31-4;/h5-9,13-15,17,24,26,28-29H,10-12,16,18-21H2,1-4H3;1H/t24-,26-;/m0./s1. The first-order chi connectivity index (χ1) is 15.0. The van der Waals surface area contributed by atoms with Gasteiger partial charge in [0.15, 0.2) is 0 Å². The smallest absolute Gasteiger partial charge is 0.123 e. The number of para-hydroxylation sites is 1. The van der Waals surface area contributed by atoms with Gasteiger partial charge in [0.1, 0.15) is 5.75 Å². The van der Waals surface area contributed by atoms with Gasteiger partial charge in [0.2, 0.25) is 0 Å². The van der Waals surface area contributed by atoms with Crippen molar-refractivity contribution in [2.24, 2.45) is 0 Å². The van der Waals surface area contributed by atoms with Crippen molar-refractivity contribution in [2.75, 3.05) is 26.7 Å². The largest absolute Gasteiger partial charge is 0.496 e. The van der Waals surface area contributed by atoms with Gasteiger partial charge in [-0.15, -0.1) is 12.4 Å². The first-order valence-electron chi connectivity index (χ1n) is 11.9. The Morgan fingerprint density at radius 3 is 2.44 bits per heavy atom. The molecule has 2 N–H and O–H groups in total. The van der Waals surface area contributed by atoms with Crippen LogP contribution in [-0.4, -0.2) is 43.2 Å². The normalized spacial score (nSPS) is 19.4. The van der Waals surface area contributed by atoms with Crippen molar-refractivity contribution in [1.82, 2.24) is 15.5 Å². The number of likely N-dealkylation sites (tertiary alicyclic amines) is 1. The number of halogens is 1. The zero-order valence-corrected chi connectivity index (χ0v) is 21.1. The van der Waals surface area contributed by atoms with Gasteiger partial charge >= 0.3 is 0 Å². The summed E-state index contributed by atoms with van der Waals surface area (Å²) in [7, 11) is 1.75. The number of hydrogen-bond donors (Lipinski definition) is 2. The second-order valence-electron chi connectivity index (χ2n) is 9.72. The molecule has 1 heterocycles. The van der Waals surface area contributed by atoms with E-state index in [0.717, 1.165) is 25.4 Å². The molecular formula is C27H42ClN3O. The van der Waals surface area contributed by atoms with Gasteiger partial charge in [-0.3, -0.25) is 4.90 Å². The van der Waals surface area contributed by atoms with Crippen LogP contribution in [0, 0.1) is 0 Å². The lowest BCUT2D eigenvalue weighted by atomic mass is 9.89. The van der Waals surface area contributed by atoms with E-state index in [1.807, 2.05) is 12.1 Å². The quantitative estimate of drug-likeness (QED) is 0.454. The minimum atomic E-state index is 0. The molecule has 2 aromatic rings. The Morgan fingerprint density at radius 2 is 1.72 bits per heavy atom. The van der Waals surface area contributed by atoms with Crippen molar-refractivity contribution in [3.05, 3.63) is 65.7 Å². The lowest BCUT2D eigenvalue weighted by Crippen LogP contribution is -2.48. The third kappa shape index (κ3) is 8.08. The highest BCUT2D eigenvalue weighted by atomic mass is 35.5. The average Bonchev–Trinajstić information content (AvgIpc) is 2.77. The van der Waals surface area contributed by atoms with E-state index >= 15 is 0 Å². The monoisotopic (exact) mass is 459 g/mol. The van der Waals surface area contributed by atoms with E-state index in [4.69, 9.17) is 4.74 Å². The van der Waals surface area contributed by atoms with Crippen LogP contribution >= 0.6 is 12.4 Å². The molecule has 1 aliphatic rings. The van der Waals surface area contributed by atoms with Gasteiger partial charge in [0.05, 0.1) is 13.2 Å². The van der Waals surface area contributed by atoms with E-state index in [9.17, 15) is 0 Å². The van der Waals surface area contributed by atoms with Crippen molar-refractivity contribution in [3.63, 3.8) is 0 Å². The third-order valence-electron chi connectivity index (χ3n) is 6.15. The van der Waals surface area contributed by atoms with Crippen molar-refractivity contribution in [2.45, 2.75) is 70.6 Å². The summed E-state index contributed by atoms with van der Waals surface area (Å²) in [5.74, 6) is 0.963. The Balaban J connectivity index is 0.00000363. The van der Waals surface area contributed by atoms with Gasteiger partial charge < -0.3 is 15.4 Å². The number of rotatable bonds is 10. The van der Waals surface area contributed by atoms with Crippen LogP contribution < -0.4 is 15.4 Å². The number of hydrogen-bond acceptors (Lipinski definition) is 4. The SMILES string of the molecule is COc1ccccc1CN[C@H]1CCCN(CCCCNC(C)(C)C)[C@H]1c1ccccc1.Cl. The van der Waals surface area contributed by atoms with Crippen LogP contribution in [0.25, 0.3) is 0 Å². The lowest BCUT2D eigenvalue weighted by Gasteiger charge is -2.42.